The van der Waals surface area contributed by atoms with E-state index in [0.29, 0.717) is 19.5 Å². The molecule has 6 heteroatoms. The van der Waals surface area contributed by atoms with Crippen LogP contribution in [0, 0.1) is 11.3 Å². The lowest BCUT2D eigenvalue weighted by Crippen LogP contribution is -2.51. The van der Waals surface area contributed by atoms with Crippen molar-refractivity contribution in [3.05, 3.63) is 65.2 Å². The Morgan fingerprint density at radius 3 is 2.62 bits per heavy atom. The summed E-state index contributed by atoms with van der Waals surface area (Å²) >= 11 is 0. The molecule has 1 aliphatic rings. The minimum Gasteiger partial charge on any atom is -0.496 e. The number of hydrogen-bond acceptors (Lipinski definition) is 5. The maximum atomic E-state index is 13.1. The summed E-state index contributed by atoms with van der Waals surface area (Å²) in [5, 5.41) is 12.7. The average Bonchev–Trinajstić information content (AvgIpc) is 2.77. The molecule has 1 N–H and O–H groups in total. The monoisotopic (exact) mass is 435 g/mol. The number of carbonyl (C=O) groups is 1. The van der Waals surface area contributed by atoms with Crippen LogP contribution in [-0.4, -0.2) is 36.3 Å². The molecule has 1 fully saturated rings. The van der Waals surface area contributed by atoms with E-state index < -0.39 is 5.60 Å². The minimum absolute atomic E-state index is 0.0583. The minimum atomic E-state index is -0.548. The quantitative estimate of drug-likeness (QED) is 0.692. The lowest BCUT2D eigenvalue weighted by molar-refractivity contribution is 0.00380. The zero-order valence-electron chi connectivity index (χ0n) is 19.4. The predicted molar refractivity (Wildman–Crippen MR) is 124 cm³/mol. The first kappa shape index (κ1) is 23.6. The third-order valence-electron chi connectivity index (χ3n) is 5.58. The van der Waals surface area contributed by atoms with E-state index in [2.05, 4.69) is 23.5 Å². The van der Waals surface area contributed by atoms with Crippen molar-refractivity contribution in [2.45, 2.75) is 64.3 Å². The van der Waals surface area contributed by atoms with E-state index in [1.54, 1.807) is 7.11 Å². The highest BCUT2D eigenvalue weighted by atomic mass is 16.6. The van der Waals surface area contributed by atoms with Gasteiger partial charge in [0.1, 0.15) is 11.4 Å². The number of benzene rings is 2. The molecule has 0 bridgehead atoms. The average molecular weight is 436 g/mol. The van der Waals surface area contributed by atoms with Gasteiger partial charge in [0.2, 0.25) is 0 Å². The fourth-order valence-corrected chi connectivity index (χ4v) is 4.21. The van der Waals surface area contributed by atoms with Crippen LogP contribution < -0.4 is 10.1 Å². The number of ether oxygens (including phenoxy) is 2. The summed E-state index contributed by atoms with van der Waals surface area (Å²) in [6.45, 7) is 6.92. The van der Waals surface area contributed by atoms with E-state index in [-0.39, 0.29) is 18.2 Å². The summed E-state index contributed by atoms with van der Waals surface area (Å²) in [5.41, 5.74) is 2.50. The van der Waals surface area contributed by atoms with Crippen LogP contribution in [-0.2, 0) is 17.7 Å². The van der Waals surface area contributed by atoms with E-state index in [9.17, 15) is 4.79 Å². The Kier molecular flexibility index (Phi) is 7.76. The van der Waals surface area contributed by atoms with Gasteiger partial charge in [-0.25, -0.2) is 4.79 Å². The molecule has 1 saturated heterocycles. The molecule has 1 heterocycles. The number of carbonyl (C=O) groups excluding carboxylic acids is 1. The lowest BCUT2D eigenvalue weighted by Gasteiger charge is -2.42. The SMILES string of the molecule is COc1ccc(CC#N)cc1CN[C@H]1CCCN(C(=O)OC(C)(C)C)[C@H]1c1ccccc1. The predicted octanol–water partition coefficient (Wildman–Crippen LogP) is 4.99. The number of nitrogens with one attached hydrogen (secondary N) is 1. The van der Waals surface area contributed by atoms with Crippen LogP contribution in [0.5, 0.6) is 5.75 Å². The molecule has 2 aromatic rings. The van der Waals surface area contributed by atoms with Crippen LogP contribution in [0.1, 0.15) is 56.3 Å². The van der Waals surface area contributed by atoms with Crippen molar-refractivity contribution in [1.82, 2.24) is 10.2 Å². The molecular formula is C26H33N3O3. The number of methoxy groups -OCH3 is 1. The number of hydrogen-bond donors (Lipinski definition) is 1. The van der Waals surface area contributed by atoms with Crippen molar-refractivity contribution in [3.63, 3.8) is 0 Å². The fourth-order valence-electron chi connectivity index (χ4n) is 4.21. The van der Waals surface area contributed by atoms with Gasteiger partial charge in [-0.2, -0.15) is 5.26 Å². The number of nitrogens with zero attached hydrogens (tertiary/aromatic N) is 2. The Hall–Kier alpha value is -3.04. The molecule has 6 nitrogen and oxygen atoms in total. The molecular weight excluding hydrogens is 402 g/mol. The first-order chi connectivity index (χ1) is 15.3. The molecule has 0 saturated carbocycles. The van der Waals surface area contributed by atoms with Crippen molar-refractivity contribution in [1.29, 1.82) is 5.26 Å². The number of nitriles is 1. The van der Waals surface area contributed by atoms with E-state index in [1.807, 2.05) is 62.1 Å². The maximum absolute atomic E-state index is 13.1. The van der Waals surface area contributed by atoms with E-state index in [1.165, 1.54) is 0 Å². The highest BCUT2D eigenvalue weighted by Gasteiger charge is 2.37. The van der Waals surface area contributed by atoms with Crippen LogP contribution in [0.2, 0.25) is 0 Å². The van der Waals surface area contributed by atoms with Crippen molar-refractivity contribution >= 4 is 6.09 Å². The maximum Gasteiger partial charge on any atom is 0.410 e. The summed E-state index contributed by atoms with van der Waals surface area (Å²) in [7, 11) is 1.65. The molecule has 2 aromatic carbocycles. The van der Waals surface area contributed by atoms with Crippen molar-refractivity contribution in [2.75, 3.05) is 13.7 Å². The Morgan fingerprint density at radius 1 is 1.22 bits per heavy atom. The van der Waals surface area contributed by atoms with Gasteiger partial charge in [-0.05, 0) is 56.9 Å². The summed E-state index contributed by atoms with van der Waals surface area (Å²) in [6.07, 6.45) is 1.91. The van der Waals surface area contributed by atoms with Gasteiger partial charge in [0.25, 0.3) is 0 Å². The van der Waals surface area contributed by atoms with Gasteiger partial charge >= 0.3 is 6.09 Å². The first-order valence-corrected chi connectivity index (χ1v) is 11.1. The Morgan fingerprint density at radius 2 is 1.97 bits per heavy atom. The molecule has 32 heavy (non-hydrogen) atoms. The lowest BCUT2D eigenvalue weighted by atomic mass is 9.90. The molecule has 0 unspecified atom stereocenters. The van der Waals surface area contributed by atoms with Gasteiger partial charge < -0.3 is 14.8 Å². The first-order valence-electron chi connectivity index (χ1n) is 11.1. The smallest absolute Gasteiger partial charge is 0.410 e. The standard InChI is InChI=1S/C26H33N3O3/c1-26(2,3)32-25(30)29-16-8-11-22(24(29)20-9-6-5-7-10-20)28-18-21-17-19(14-15-27)12-13-23(21)31-4/h5-7,9-10,12-13,17,22,24,28H,8,11,14,16,18H2,1-4H3/t22-,24-/m0/s1. The molecule has 1 amide bonds. The molecule has 0 aliphatic carbocycles. The highest BCUT2D eigenvalue weighted by molar-refractivity contribution is 5.69. The fraction of sp³-hybridized carbons (Fsp3) is 0.462. The number of rotatable bonds is 6. The van der Waals surface area contributed by atoms with Crippen molar-refractivity contribution < 1.29 is 14.3 Å². The topological polar surface area (TPSA) is 74.6 Å². The van der Waals surface area contributed by atoms with Crippen molar-refractivity contribution in [3.8, 4) is 11.8 Å². The Bertz CT molecular complexity index is 947. The highest BCUT2D eigenvalue weighted by Crippen LogP contribution is 2.33. The second-order valence-electron chi connectivity index (χ2n) is 9.14. The van der Waals surface area contributed by atoms with E-state index in [4.69, 9.17) is 14.7 Å². The van der Waals surface area contributed by atoms with Crippen LogP contribution in [0.4, 0.5) is 4.79 Å². The zero-order valence-corrected chi connectivity index (χ0v) is 19.4. The summed E-state index contributed by atoms with van der Waals surface area (Å²) in [5.74, 6) is 0.787. The van der Waals surface area contributed by atoms with Crippen LogP contribution in [0.3, 0.4) is 0 Å². The molecule has 0 aromatic heterocycles. The van der Waals surface area contributed by atoms with Gasteiger partial charge in [0, 0.05) is 24.7 Å². The molecule has 0 spiro atoms. The second kappa shape index (κ2) is 10.5. The summed E-state index contributed by atoms with van der Waals surface area (Å²) in [4.78, 5) is 14.9. The third kappa shape index (κ3) is 6.02. The zero-order chi connectivity index (χ0) is 23.1. The summed E-state index contributed by atoms with van der Waals surface area (Å²) < 4.78 is 11.3. The van der Waals surface area contributed by atoms with Crippen LogP contribution in [0.25, 0.3) is 0 Å². The molecule has 1 aliphatic heterocycles. The number of amides is 1. The second-order valence-corrected chi connectivity index (χ2v) is 9.14. The molecule has 170 valence electrons. The number of likely N-dealkylation sites (tertiary alicyclic amines) is 1. The number of piperidine rings is 1. The Labute approximate surface area is 191 Å². The van der Waals surface area contributed by atoms with Crippen LogP contribution >= 0.6 is 0 Å². The van der Waals surface area contributed by atoms with E-state index in [0.717, 1.165) is 35.3 Å². The van der Waals surface area contributed by atoms with Gasteiger partial charge in [-0.15, -0.1) is 0 Å². The van der Waals surface area contributed by atoms with Gasteiger partial charge in [0.15, 0.2) is 0 Å². The third-order valence-corrected chi connectivity index (χ3v) is 5.58. The van der Waals surface area contributed by atoms with Gasteiger partial charge in [-0.1, -0.05) is 36.4 Å². The van der Waals surface area contributed by atoms with Crippen LogP contribution in [0.15, 0.2) is 48.5 Å². The Balaban J connectivity index is 1.85. The van der Waals surface area contributed by atoms with Gasteiger partial charge in [-0.3, -0.25) is 4.90 Å². The van der Waals surface area contributed by atoms with E-state index >= 15 is 0 Å². The summed E-state index contributed by atoms with van der Waals surface area (Å²) in [6, 6.07) is 18.1. The molecule has 3 rings (SSSR count). The molecule has 2 atom stereocenters. The van der Waals surface area contributed by atoms with Gasteiger partial charge in [0.05, 0.1) is 25.6 Å². The largest absolute Gasteiger partial charge is 0.496 e. The molecule has 0 radical (unpaired) electrons. The normalized spacial score (nSPS) is 18.7. The van der Waals surface area contributed by atoms with Crippen molar-refractivity contribution in [2.24, 2.45) is 0 Å².